The van der Waals surface area contributed by atoms with Crippen molar-refractivity contribution in [3.8, 4) is 0 Å². The zero-order valence-electron chi connectivity index (χ0n) is 12.1. The number of alkyl halides is 3. The van der Waals surface area contributed by atoms with Gasteiger partial charge < -0.3 is 4.90 Å². The lowest BCUT2D eigenvalue weighted by atomic mass is 10.0. The van der Waals surface area contributed by atoms with Crippen molar-refractivity contribution in [3.05, 3.63) is 29.8 Å². The number of hydrogen-bond acceptors (Lipinski definition) is 2. The van der Waals surface area contributed by atoms with Gasteiger partial charge in [-0.3, -0.25) is 4.90 Å². The van der Waals surface area contributed by atoms with Gasteiger partial charge in [-0.05, 0) is 39.0 Å². The smallest absolute Gasteiger partial charge is 0.369 e. The number of anilines is 1. The molecule has 1 fully saturated rings. The van der Waals surface area contributed by atoms with E-state index in [-0.39, 0.29) is 5.54 Å². The summed E-state index contributed by atoms with van der Waals surface area (Å²) in [5, 5.41) is 0. The Hall–Kier alpha value is -1.23. The first-order chi connectivity index (χ1) is 9.18. The Bertz CT molecular complexity index is 455. The highest BCUT2D eigenvalue weighted by molar-refractivity contribution is 5.49. The number of nitrogens with zero attached hydrogens (tertiary/aromatic N) is 2. The molecule has 1 radical (unpaired) electrons. The minimum absolute atomic E-state index is 0.105. The molecule has 1 aromatic carbocycles. The molecule has 0 amide bonds. The van der Waals surface area contributed by atoms with Gasteiger partial charge >= 0.3 is 6.18 Å². The zero-order valence-corrected chi connectivity index (χ0v) is 12.1. The molecule has 0 aliphatic carbocycles. The van der Waals surface area contributed by atoms with Crippen molar-refractivity contribution in [1.29, 1.82) is 0 Å². The third-order valence-corrected chi connectivity index (χ3v) is 3.68. The second-order valence-electron chi connectivity index (χ2n) is 6.10. The molecule has 0 spiro atoms. The fraction of sp³-hybridized carbons (Fsp3) is 0.600. The third-order valence-electron chi connectivity index (χ3n) is 3.68. The van der Waals surface area contributed by atoms with E-state index in [1.165, 1.54) is 12.1 Å². The molecule has 0 unspecified atom stereocenters. The predicted molar refractivity (Wildman–Crippen MR) is 73.8 cm³/mol. The second-order valence-corrected chi connectivity index (χ2v) is 6.10. The highest BCUT2D eigenvalue weighted by atomic mass is 19.4. The van der Waals surface area contributed by atoms with Crippen LogP contribution in [0.1, 0.15) is 26.3 Å². The highest BCUT2D eigenvalue weighted by Gasteiger charge is 2.32. The van der Waals surface area contributed by atoms with Gasteiger partial charge in [-0.15, -0.1) is 0 Å². The van der Waals surface area contributed by atoms with E-state index in [2.05, 4.69) is 31.7 Å². The Balaban J connectivity index is 2.08. The first-order valence-corrected chi connectivity index (χ1v) is 6.77. The van der Waals surface area contributed by atoms with Crippen molar-refractivity contribution in [1.82, 2.24) is 4.90 Å². The van der Waals surface area contributed by atoms with Crippen LogP contribution < -0.4 is 4.90 Å². The van der Waals surface area contributed by atoms with E-state index in [0.717, 1.165) is 26.2 Å². The van der Waals surface area contributed by atoms with Gasteiger partial charge in [0.2, 0.25) is 0 Å². The Labute approximate surface area is 118 Å². The molecule has 1 aromatic rings. The molecule has 1 aliphatic heterocycles. The Morgan fingerprint density at radius 3 is 2.15 bits per heavy atom. The van der Waals surface area contributed by atoms with Crippen LogP contribution >= 0.6 is 0 Å². The number of rotatable bonds is 1. The van der Waals surface area contributed by atoms with Gasteiger partial charge in [0.1, 0.15) is 0 Å². The normalized spacial score (nSPS) is 18.4. The number of benzene rings is 1. The maximum absolute atomic E-state index is 12.7. The van der Waals surface area contributed by atoms with Crippen molar-refractivity contribution in [2.45, 2.75) is 32.5 Å². The molecule has 1 aliphatic rings. The summed E-state index contributed by atoms with van der Waals surface area (Å²) in [5.74, 6) is 0. The molecule has 0 bridgehead atoms. The Morgan fingerprint density at radius 1 is 1.05 bits per heavy atom. The summed E-state index contributed by atoms with van der Waals surface area (Å²) in [6, 6.07) is 6.50. The van der Waals surface area contributed by atoms with Crippen LogP contribution in [0.3, 0.4) is 0 Å². The van der Waals surface area contributed by atoms with Gasteiger partial charge in [0.15, 0.2) is 0 Å². The van der Waals surface area contributed by atoms with Crippen LogP contribution in [-0.2, 0) is 6.18 Å². The van der Waals surface area contributed by atoms with E-state index in [9.17, 15) is 13.2 Å². The van der Waals surface area contributed by atoms with Crippen molar-refractivity contribution < 1.29 is 13.2 Å². The van der Waals surface area contributed by atoms with E-state index >= 15 is 0 Å². The molecule has 0 N–H and O–H groups in total. The maximum Gasteiger partial charge on any atom is 0.417 e. The quantitative estimate of drug-likeness (QED) is 0.780. The lowest BCUT2D eigenvalue weighted by molar-refractivity contribution is -0.137. The fourth-order valence-electron chi connectivity index (χ4n) is 2.45. The number of halogens is 3. The van der Waals surface area contributed by atoms with Gasteiger partial charge in [0, 0.05) is 37.4 Å². The van der Waals surface area contributed by atoms with E-state index < -0.39 is 11.7 Å². The summed E-state index contributed by atoms with van der Waals surface area (Å²) in [7, 11) is 0. The summed E-state index contributed by atoms with van der Waals surface area (Å²) in [4.78, 5) is 4.36. The van der Waals surface area contributed by atoms with Gasteiger partial charge in [0.05, 0.1) is 5.56 Å². The largest absolute Gasteiger partial charge is 0.417 e. The van der Waals surface area contributed by atoms with Crippen LogP contribution in [-0.4, -0.2) is 36.6 Å². The van der Waals surface area contributed by atoms with E-state index in [1.807, 2.05) is 4.90 Å². The first kappa shape index (κ1) is 15.2. The molecular weight excluding hydrogens is 265 g/mol. The first-order valence-electron chi connectivity index (χ1n) is 6.77. The van der Waals surface area contributed by atoms with Gasteiger partial charge in [-0.25, -0.2) is 0 Å². The molecule has 5 heteroatoms. The molecule has 1 heterocycles. The van der Waals surface area contributed by atoms with Crippen molar-refractivity contribution in [2.75, 3.05) is 31.1 Å². The van der Waals surface area contributed by atoms with E-state index in [4.69, 9.17) is 0 Å². The van der Waals surface area contributed by atoms with Crippen LogP contribution in [0.5, 0.6) is 0 Å². The molecule has 0 saturated carbocycles. The standard InChI is InChI=1S/C15H20F3N2/c1-14(2,3)20-9-7-19(8-10-20)13-6-4-5-12(11-13)15(16,17)18/h4,6,11H,7-10H2,1-3H3. The van der Waals surface area contributed by atoms with Gasteiger partial charge in [-0.2, -0.15) is 13.2 Å². The van der Waals surface area contributed by atoms with Gasteiger partial charge in [-0.1, -0.05) is 6.07 Å². The summed E-state index contributed by atoms with van der Waals surface area (Å²) in [6.07, 6.45) is -4.33. The molecule has 20 heavy (non-hydrogen) atoms. The second kappa shape index (κ2) is 5.28. The van der Waals surface area contributed by atoms with Crippen LogP contribution in [0.4, 0.5) is 18.9 Å². The topological polar surface area (TPSA) is 6.48 Å². The van der Waals surface area contributed by atoms with Crippen LogP contribution in [0.15, 0.2) is 18.2 Å². The number of piperazine rings is 1. The van der Waals surface area contributed by atoms with Crippen LogP contribution in [0.2, 0.25) is 0 Å². The van der Waals surface area contributed by atoms with E-state index in [0.29, 0.717) is 5.69 Å². The average molecular weight is 285 g/mol. The van der Waals surface area contributed by atoms with Crippen molar-refractivity contribution in [2.24, 2.45) is 0 Å². The molecule has 2 rings (SSSR count). The Morgan fingerprint density at radius 2 is 1.65 bits per heavy atom. The van der Waals surface area contributed by atoms with Crippen LogP contribution in [0, 0.1) is 6.07 Å². The summed E-state index contributed by atoms with van der Waals surface area (Å²) in [5.41, 5.74) is 0.0334. The summed E-state index contributed by atoms with van der Waals surface area (Å²) in [6.45, 7) is 9.69. The SMILES string of the molecule is CC(C)(C)N1CCN(c2cc[c]c(C(F)(F)F)c2)CC1. The monoisotopic (exact) mass is 285 g/mol. The maximum atomic E-state index is 12.7. The summed E-state index contributed by atoms with van der Waals surface area (Å²) >= 11 is 0. The lowest BCUT2D eigenvalue weighted by Gasteiger charge is -2.43. The minimum Gasteiger partial charge on any atom is -0.369 e. The molecular formula is C15H20F3N2. The molecule has 0 aromatic heterocycles. The third kappa shape index (κ3) is 3.45. The van der Waals surface area contributed by atoms with Crippen molar-refractivity contribution >= 4 is 5.69 Å². The Kier molecular flexibility index (Phi) is 4.00. The number of hydrogen-bond donors (Lipinski definition) is 0. The average Bonchev–Trinajstić information content (AvgIpc) is 2.37. The molecule has 1 saturated heterocycles. The minimum atomic E-state index is -4.33. The summed E-state index contributed by atoms with van der Waals surface area (Å²) < 4.78 is 38.1. The van der Waals surface area contributed by atoms with Crippen LogP contribution in [0.25, 0.3) is 0 Å². The zero-order chi connectivity index (χ0) is 15.0. The predicted octanol–water partition coefficient (Wildman–Crippen LogP) is 3.43. The van der Waals surface area contributed by atoms with Gasteiger partial charge in [0.25, 0.3) is 0 Å². The van der Waals surface area contributed by atoms with Crippen molar-refractivity contribution in [3.63, 3.8) is 0 Å². The van der Waals surface area contributed by atoms with E-state index in [1.54, 1.807) is 6.07 Å². The highest BCUT2D eigenvalue weighted by Crippen LogP contribution is 2.31. The molecule has 2 nitrogen and oxygen atoms in total. The molecule has 0 atom stereocenters. The molecule has 111 valence electrons. The fourth-order valence-corrected chi connectivity index (χ4v) is 2.45. The lowest BCUT2D eigenvalue weighted by Crippen LogP contribution is -2.53.